The second-order valence-corrected chi connectivity index (χ2v) is 6.37. The van der Waals surface area contributed by atoms with E-state index in [-0.39, 0.29) is 11.9 Å². The summed E-state index contributed by atoms with van der Waals surface area (Å²) in [5.74, 6) is 0.409. The number of ether oxygens (including phenoxy) is 1. The van der Waals surface area contributed by atoms with Gasteiger partial charge in [-0.2, -0.15) is 5.10 Å². The maximum Gasteiger partial charge on any atom is 0.257 e. The summed E-state index contributed by atoms with van der Waals surface area (Å²) in [5.41, 5.74) is 3.67. The van der Waals surface area contributed by atoms with Crippen LogP contribution < -0.4 is 10.1 Å². The molecule has 0 radical (unpaired) electrons. The van der Waals surface area contributed by atoms with E-state index < -0.39 is 0 Å². The van der Waals surface area contributed by atoms with E-state index in [0.29, 0.717) is 22.7 Å². The molecule has 3 rings (SSSR count). The molecule has 3 aromatic rings. The number of aromatic nitrogens is 3. The Hall–Kier alpha value is -2.89. The number of pyridine rings is 1. The highest BCUT2D eigenvalue weighted by molar-refractivity contribution is 6.07. The van der Waals surface area contributed by atoms with Crippen molar-refractivity contribution in [1.29, 1.82) is 0 Å². The second-order valence-electron chi connectivity index (χ2n) is 6.37. The van der Waals surface area contributed by atoms with Crippen LogP contribution in [0.1, 0.15) is 41.5 Å². The molecule has 0 saturated heterocycles. The van der Waals surface area contributed by atoms with E-state index in [0.717, 1.165) is 16.6 Å². The van der Waals surface area contributed by atoms with E-state index in [1.54, 1.807) is 13.3 Å². The predicted molar refractivity (Wildman–Crippen MR) is 98.3 cm³/mol. The average Bonchev–Trinajstić information content (AvgIpc) is 2.97. The first kappa shape index (κ1) is 17.0. The van der Waals surface area contributed by atoms with E-state index in [2.05, 4.69) is 15.4 Å². The summed E-state index contributed by atoms with van der Waals surface area (Å²) in [6, 6.07) is 7.70. The quantitative estimate of drug-likeness (QED) is 0.783. The van der Waals surface area contributed by atoms with Crippen molar-refractivity contribution in [3.63, 3.8) is 0 Å². The van der Waals surface area contributed by atoms with Crippen LogP contribution in [0.15, 0.2) is 30.5 Å². The van der Waals surface area contributed by atoms with Crippen molar-refractivity contribution in [2.75, 3.05) is 12.4 Å². The van der Waals surface area contributed by atoms with E-state index in [4.69, 9.17) is 4.74 Å². The SMILES string of the molecule is COc1ccc(C)cc1NC(=O)c1cc2cnn(C(C)C)c2nc1C. The van der Waals surface area contributed by atoms with Crippen LogP contribution in [0, 0.1) is 13.8 Å². The molecule has 0 aliphatic rings. The number of methoxy groups -OCH3 is 1. The Morgan fingerprint density at radius 1 is 1.24 bits per heavy atom. The Bertz CT molecular complexity index is 944. The average molecular weight is 338 g/mol. The summed E-state index contributed by atoms with van der Waals surface area (Å²) in [6.45, 7) is 7.90. The molecular formula is C19H22N4O2. The van der Waals surface area contributed by atoms with Gasteiger partial charge in [0.25, 0.3) is 5.91 Å². The van der Waals surface area contributed by atoms with Crippen molar-refractivity contribution in [3.05, 3.63) is 47.3 Å². The number of rotatable bonds is 4. The zero-order valence-electron chi connectivity index (χ0n) is 15.1. The Labute approximate surface area is 146 Å². The van der Waals surface area contributed by atoms with Crippen LogP contribution in [-0.2, 0) is 0 Å². The number of aryl methyl sites for hydroxylation is 2. The largest absolute Gasteiger partial charge is 0.495 e. The van der Waals surface area contributed by atoms with Gasteiger partial charge in [-0.15, -0.1) is 0 Å². The monoisotopic (exact) mass is 338 g/mol. The van der Waals surface area contributed by atoms with Crippen LogP contribution in [0.5, 0.6) is 5.75 Å². The van der Waals surface area contributed by atoms with Gasteiger partial charge in [-0.05, 0) is 51.5 Å². The van der Waals surface area contributed by atoms with Crippen LogP contribution in [0.4, 0.5) is 5.69 Å². The van der Waals surface area contributed by atoms with Gasteiger partial charge in [-0.25, -0.2) is 9.67 Å². The molecule has 2 heterocycles. The zero-order valence-corrected chi connectivity index (χ0v) is 15.1. The van der Waals surface area contributed by atoms with E-state index in [1.165, 1.54) is 0 Å². The fraction of sp³-hybridized carbons (Fsp3) is 0.316. The van der Waals surface area contributed by atoms with E-state index in [1.807, 2.05) is 56.6 Å². The lowest BCUT2D eigenvalue weighted by atomic mass is 10.1. The highest BCUT2D eigenvalue weighted by Gasteiger charge is 2.16. The van der Waals surface area contributed by atoms with Crippen molar-refractivity contribution >= 4 is 22.6 Å². The summed E-state index contributed by atoms with van der Waals surface area (Å²) in [6.07, 6.45) is 1.74. The van der Waals surface area contributed by atoms with Gasteiger partial charge < -0.3 is 10.1 Å². The van der Waals surface area contributed by atoms with Crippen LogP contribution in [-0.4, -0.2) is 27.8 Å². The molecule has 6 nitrogen and oxygen atoms in total. The first-order valence-electron chi connectivity index (χ1n) is 8.21. The first-order chi connectivity index (χ1) is 11.9. The lowest BCUT2D eigenvalue weighted by Gasteiger charge is -2.12. The number of anilines is 1. The Balaban J connectivity index is 1.98. The number of hydrogen-bond acceptors (Lipinski definition) is 4. The van der Waals surface area contributed by atoms with Crippen LogP contribution >= 0.6 is 0 Å². The number of nitrogens with one attached hydrogen (secondary N) is 1. The van der Waals surface area contributed by atoms with Gasteiger partial charge in [0.2, 0.25) is 0 Å². The lowest BCUT2D eigenvalue weighted by molar-refractivity contribution is 0.102. The second kappa shape index (κ2) is 6.55. The molecule has 2 aromatic heterocycles. The lowest BCUT2D eigenvalue weighted by Crippen LogP contribution is -2.15. The molecule has 0 fully saturated rings. The number of carbonyl (C=O) groups excluding carboxylic acids is 1. The number of benzene rings is 1. The fourth-order valence-corrected chi connectivity index (χ4v) is 2.78. The minimum atomic E-state index is -0.215. The molecule has 0 aliphatic heterocycles. The maximum absolute atomic E-state index is 12.8. The van der Waals surface area contributed by atoms with Gasteiger partial charge in [0, 0.05) is 11.4 Å². The number of carbonyl (C=O) groups is 1. The third-order valence-corrected chi connectivity index (χ3v) is 4.10. The Morgan fingerprint density at radius 3 is 2.68 bits per heavy atom. The highest BCUT2D eigenvalue weighted by Crippen LogP contribution is 2.26. The number of fused-ring (bicyclic) bond motifs is 1. The number of amides is 1. The molecule has 130 valence electrons. The minimum absolute atomic E-state index is 0.209. The molecular weight excluding hydrogens is 316 g/mol. The normalized spacial score (nSPS) is 11.1. The van der Waals surface area contributed by atoms with Gasteiger partial charge in [0.1, 0.15) is 5.75 Å². The molecule has 1 N–H and O–H groups in total. The zero-order chi connectivity index (χ0) is 18.1. The molecule has 0 aliphatic carbocycles. The van der Waals surface area contributed by atoms with Crippen molar-refractivity contribution < 1.29 is 9.53 Å². The third-order valence-electron chi connectivity index (χ3n) is 4.10. The summed E-state index contributed by atoms with van der Waals surface area (Å²) in [5, 5.41) is 8.13. The van der Waals surface area contributed by atoms with Crippen molar-refractivity contribution in [1.82, 2.24) is 14.8 Å². The van der Waals surface area contributed by atoms with Gasteiger partial charge in [0.05, 0.1) is 30.3 Å². The molecule has 1 aromatic carbocycles. The fourth-order valence-electron chi connectivity index (χ4n) is 2.78. The minimum Gasteiger partial charge on any atom is -0.495 e. The number of nitrogens with zero attached hydrogens (tertiary/aromatic N) is 3. The highest BCUT2D eigenvalue weighted by atomic mass is 16.5. The molecule has 25 heavy (non-hydrogen) atoms. The van der Waals surface area contributed by atoms with E-state index in [9.17, 15) is 4.79 Å². The van der Waals surface area contributed by atoms with Gasteiger partial charge in [-0.1, -0.05) is 6.07 Å². The van der Waals surface area contributed by atoms with Crippen LogP contribution in [0.2, 0.25) is 0 Å². The summed E-state index contributed by atoms with van der Waals surface area (Å²) < 4.78 is 7.18. The molecule has 0 spiro atoms. The third kappa shape index (κ3) is 3.20. The predicted octanol–water partition coefficient (Wildman–Crippen LogP) is 3.89. The molecule has 1 amide bonds. The standard InChI is InChI=1S/C19H22N4O2/c1-11(2)23-18-14(10-20-23)9-15(13(4)21-18)19(24)22-16-8-12(3)6-7-17(16)25-5/h6-11H,1-5H3,(H,22,24). The first-order valence-corrected chi connectivity index (χ1v) is 8.21. The molecule has 6 heteroatoms. The summed E-state index contributed by atoms with van der Waals surface area (Å²) in [7, 11) is 1.58. The molecule has 0 saturated carbocycles. The summed E-state index contributed by atoms with van der Waals surface area (Å²) >= 11 is 0. The maximum atomic E-state index is 12.8. The molecule has 0 bridgehead atoms. The van der Waals surface area contributed by atoms with Gasteiger partial charge >= 0.3 is 0 Å². The topological polar surface area (TPSA) is 69.0 Å². The van der Waals surface area contributed by atoms with Gasteiger partial charge in [-0.3, -0.25) is 4.79 Å². The Kier molecular flexibility index (Phi) is 4.44. The molecule has 0 atom stereocenters. The number of hydrogen-bond donors (Lipinski definition) is 1. The smallest absolute Gasteiger partial charge is 0.257 e. The van der Waals surface area contributed by atoms with Gasteiger partial charge in [0.15, 0.2) is 5.65 Å². The van der Waals surface area contributed by atoms with Crippen LogP contribution in [0.3, 0.4) is 0 Å². The summed E-state index contributed by atoms with van der Waals surface area (Å²) in [4.78, 5) is 17.4. The van der Waals surface area contributed by atoms with Crippen LogP contribution in [0.25, 0.3) is 11.0 Å². The Morgan fingerprint density at radius 2 is 2.00 bits per heavy atom. The van der Waals surface area contributed by atoms with E-state index >= 15 is 0 Å². The van der Waals surface area contributed by atoms with Crippen molar-refractivity contribution in [2.24, 2.45) is 0 Å². The molecule has 0 unspecified atom stereocenters. The van der Waals surface area contributed by atoms with Crippen molar-refractivity contribution in [3.8, 4) is 5.75 Å². The van der Waals surface area contributed by atoms with Crippen molar-refractivity contribution in [2.45, 2.75) is 33.7 Å².